The van der Waals surface area contributed by atoms with Crippen LogP contribution in [0.4, 0.5) is 0 Å². The second-order valence-corrected chi connectivity index (χ2v) is 41.0. The Morgan fingerprint density at radius 1 is 0.281 bits per heavy atom. The Kier molecular flexibility index (Phi) is 31.5. The predicted molar refractivity (Wildman–Crippen MR) is 502 cm³/mol. The average Bonchev–Trinajstić information content (AvgIpc) is 0.771. The van der Waals surface area contributed by atoms with Crippen molar-refractivity contribution in [3.63, 3.8) is 0 Å². The minimum absolute atomic E-state index is 0.0754. The molecule has 3 aromatic heterocycles. The van der Waals surface area contributed by atoms with E-state index < -0.39 is 21.8 Å². The number of rotatable bonds is 18. The summed E-state index contributed by atoms with van der Waals surface area (Å²) in [6.07, 6.45) is 6.77. The minimum atomic E-state index is -1.77. The van der Waals surface area contributed by atoms with E-state index in [1.165, 1.54) is 83.4 Å². The zero-order chi connectivity index (χ0) is 80.7. The van der Waals surface area contributed by atoms with Gasteiger partial charge in [-0.15, -0.1) is 0 Å². The Morgan fingerprint density at radius 2 is 0.535 bits per heavy atom. The molecule has 15 rings (SSSR count). The fourth-order valence-electron chi connectivity index (χ4n) is 14.2. The van der Waals surface area contributed by atoms with E-state index in [4.69, 9.17) is 13.3 Å². The number of benzene rings is 12. The molecule has 0 radical (unpaired) electrons. The van der Waals surface area contributed by atoms with Crippen LogP contribution in [-0.4, -0.2) is 12.3 Å². The molecule has 0 unspecified atom stereocenters. The molecule has 0 aliphatic carbocycles. The minimum Gasteiger partial charge on any atom is -0.218 e. The molecule has 0 aliphatic heterocycles. The molecule has 0 saturated heterocycles. The van der Waals surface area contributed by atoms with Crippen molar-refractivity contribution in [3.8, 4) is 33.8 Å². The van der Waals surface area contributed by atoms with E-state index >= 15 is 0 Å². The Bertz CT molecular complexity index is 4810. The molecule has 0 amide bonds. The molecule has 0 saturated carbocycles. The van der Waals surface area contributed by atoms with Gasteiger partial charge in [0.25, 0.3) is 0 Å². The van der Waals surface area contributed by atoms with Crippen molar-refractivity contribution < 1.29 is 13.3 Å². The van der Waals surface area contributed by atoms with E-state index in [0.717, 1.165) is 57.4 Å². The third kappa shape index (κ3) is 22.6. The second kappa shape index (κ2) is 42.1. The van der Waals surface area contributed by atoms with E-state index in [2.05, 4.69) is 433 Å². The van der Waals surface area contributed by atoms with Crippen molar-refractivity contribution in [1.29, 1.82) is 0 Å². The summed E-state index contributed by atoms with van der Waals surface area (Å²) in [6, 6.07) is 142. The lowest BCUT2D eigenvalue weighted by Gasteiger charge is -2.27. The molecule has 3 heterocycles. The summed E-state index contributed by atoms with van der Waals surface area (Å²) in [5.41, 5.74) is 7.17. The number of aryl methyl sites for hydroxylation is 4. The van der Waals surface area contributed by atoms with Gasteiger partial charge in [-0.3, -0.25) is 0 Å². The van der Waals surface area contributed by atoms with Gasteiger partial charge in [-0.05, 0) is 212 Å². The first kappa shape index (κ1) is 85.3. The molecular formula is C108H113O3P3+6. The third-order valence-electron chi connectivity index (χ3n) is 19.8. The van der Waals surface area contributed by atoms with Gasteiger partial charge >= 0.3 is 34.6 Å². The number of unbranched alkanes of at least 4 members (excludes halogenated alkanes) is 1. The van der Waals surface area contributed by atoms with Crippen LogP contribution in [0.3, 0.4) is 0 Å². The van der Waals surface area contributed by atoms with Crippen molar-refractivity contribution in [2.24, 2.45) is 0 Å². The quantitative estimate of drug-likeness (QED) is 0.0488. The highest BCUT2D eigenvalue weighted by Gasteiger charge is 2.46. The van der Waals surface area contributed by atoms with E-state index in [9.17, 15) is 0 Å². The van der Waals surface area contributed by atoms with Crippen molar-refractivity contribution in [2.75, 3.05) is 12.3 Å². The zero-order valence-corrected chi connectivity index (χ0v) is 71.3. The number of allylic oxidation sites excluding steroid dienone is 1. The first-order chi connectivity index (χ1) is 55.3. The SMILES string of the molecule is C=CC[P+](c1ccccc1)(c1ccccc1)c1ccccc1.C=C[P+](c1ccccc1)(c1ccccc1)c1ccccc1.CCCC[P+](c1ccccc1)(c1ccccc1)c1ccccc1.Cc1cc(C(C)(C)C)[o+]c(C(C)(C)C)c1.Cc1cc(C)[o+]c(C)c1.c1ccc(-c2cc(-c3ccccc3)[o+]c(-c3ccccc3)c2)cc1. The Balaban J connectivity index is 0.000000148. The molecule has 3 nitrogen and oxygen atoms in total. The fraction of sp³-hybridized carbons (Fsp3) is 0.157. The van der Waals surface area contributed by atoms with Crippen LogP contribution in [0.1, 0.15) is 95.5 Å². The molecule has 6 heteroatoms. The van der Waals surface area contributed by atoms with Gasteiger partial charge in [0, 0.05) is 29.8 Å². The molecular weight excluding hydrogens is 1440 g/mol. The van der Waals surface area contributed by atoms with E-state index in [0.29, 0.717) is 0 Å². The standard InChI is InChI=1S/C23H17O.C22H24P.C21H20P.C20H18P.C14H23O.C8H11O/c1-4-10-18(11-5-1)21-16-22(19-12-6-2-7-13-19)24-23(17-21)20-14-8-3-9-15-20;1-2-3-19-23(20-13-7-4-8-14-20,21-15-9-5-10-16-21)22-17-11-6-12-18-22;1-2-18-22(19-12-6-3-7-13-19,20-14-8-4-9-15-20)21-16-10-5-11-17-21;1-2-21(18-12-6-3-7-13-18,19-14-8-4-9-15-19)20-16-10-5-11-17-20;1-10-8-11(13(2,3)4)15-12(9-10)14(5,6)7;1-6-4-7(2)9-8(3)5-6/h1-17H;4-18H,2-3,19H2,1H3;2-17H,1,18H2;2-17H,1H2;8-9H,1-7H3;4-5H,1-3H3/q6*+1. The number of hydrogen-bond donors (Lipinski definition) is 0. The summed E-state index contributed by atoms with van der Waals surface area (Å²) in [6.45, 7) is 31.7. The normalized spacial score (nSPS) is 11.1. The van der Waals surface area contributed by atoms with Crippen LogP contribution >= 0.6 is 21.8 Å². The average molecular weight is 1550 g/mol. The van der Waals surface area contributed by atoms with Crippen molar-refractivity contribution in [2.45, 2.75) is 99.8 Å². The zero-order valence-electron chi connectivity index (χ0n) is 68.6. The highest BCUT2D eigenvalue weighted by molar-refractivity contribution is 7.98. The van der Waals surface area contributed by atoms with Crippen LogP contribution in [-0.2, 0) is 10.8 Å². The van der Waals surface area contributed by atoms with E-state index in [1.807, 2.05) is 68.4 Å². The number of hydrogen-bond acceptors (Lipinski definition) is 0. The summed E-state index contributed by atoms with van der Waals surface area (Å²) in [5.74, 6) is 7.99. The lowest BCUT2D eigenvalue weighted by atomic mass is 9.89. The molecule has 572 valence electrons. The lowest BCUT2D eigenvalue weighted by Crippen LogP contribution is -2.33. The molecule has 0 aliphatic rings. The molecule has 114 heavy (non-hydrogen) atoms. The van der Waals surface area contributed by atoms with Crippen LogP contribution in [0, 0.1) is 27.7 Å². The van der Waals surface area contributed by atoms with Crippen LogP contribution in [0.2, 0.25) is 0 Å². The molecule has 0 spiro atoms. The first-order valence-corrected chi connectivity index (χ1v) is 45.5. The molecule has 0 fully saturated rings. The summed E-state index contributed by atoms with van der Waals surface area (Å²) >= 11 is 0. The van der Waals surface area contributed by atoms with E-state index in [-0.39, 0.29) is 10.8 Å². The lowest BCUT2D eigenvalue weighted by molar-refractivity contribution is 0.328. The highest BCUT2D eigenvalue weighted by atomic mass is 31.2. The summed E-state index contributed by atoms with van der Waals surface area (Å²) in [7, 11) is -5.01. The maximum absolute atomic E-state index is 6.21. The molecule has 0 N–H and O–H groups in total. The Hall–Kier alpha value is -11.1. The van der Waals surface area contributed by atoms with Crippen LogP contribution in [0.25, 0.3) is 33.8 Å². The molecule has 0 atom stereocenters. The van der Waals surface area contributed by atoms with Crippen LogP contribution < -0.4 is 47.7 Å². The summed E-state index contributed by atoms with van der Waals surface area (Å²) < 4.78 is 17.5. The largest absolute Gasteiger partial charge is 0.361 e. The summed E-state index contributed by atoms with van der Waals surface area (Å²) in [5, 5.41) is 12.7. The van der Waals surface area contributed by atoms with Gasteiger partial charge in [-0.2, -0.15) is 0 Å². The van der Waals surface area contributed by atoms with Crippen LogP contribution in [0.5, 0.6) is 0 Å². The van der Waals surface area contributed by atoms with Crippen LogP contribution in [0.15, 0.2) is 439 Å². The second-order valence-electron chi connectivity index (χ2n) is 30.5. The van der Waals surface area contributed by atoms with Crippen molar-refractivity contribution in [1.82, 2.24) is 0 Å². The third-order valence-corrected chi connectivity index (χ3v) is 32.6. The van der Waals surface area contributed by atoms with Gasteiger partial charge in [0.05, 0.1) is 66.1 Å². The topological polar surface area (TPSA) is 33.9 Å². The monoisotopic (exact) mass is 1550 g/mol. The van der Waals surface area contributed by atoms with Crippen molar-refractivity contribution >= 4 is 69.5 Å². The molecule has 12 aromatic carbocycles. The van der Waals surface area contributed by atoms with Gasteiger partial charge in [0.2, 0.25) is 0 Å². The Labute approximate surface area is 683 Å². The van der Waals surface area contributed by atoms with Gasteiger partial charge in [-0.1, -0.05) is 263 Å². The van der Waals surface area contributed by atoms with Gasteiger partial charge in [0.1, 0.15) is 69.5 Å². The fourth-order valence-corrected chi connectivity index (χ4v) is 26.1. The van der Waals surface area contributed by atoms with Crippen molar-refractivity contribution in [3.05, 3.63) is 460 Å². The summed E-state index contributed by atoms with van der Waals surface area (Å²) in [4.78, 5) is 0. The van der Waals surface area contributed by atoms with Gasteiger partial charge < -0.3 is 0 Å². The van der Waals surface area contributed by atoms with Gasteiger partial charge in [-0.25, -0.2) is 13.3 Å². The maximum Gasteiger partial charge on any atom is 0.361 e. The highest BCUT2D eigenvalue weighted by Crippen LogP contribution is 2.58. The first-order valence-electron chi connectivity index (χ1n) is 39.7. The molecule has 15 aromatic rings. The Morgan fingerprint density at radius 3 is 0.789 bits per heavy atom. The maximum atomic E-state index is 6.21. The molecule has 0 bridgehead atoms. The van der Waals surface area contributed by atoms with Gasteiger partial charge in [0.15, 0.2) is 0 Å². The van der Waals surface area contributed by atoms with E-state index in [1.54, 1.807) is 0 Å². The predicted octanol–water partition coefficient (Wildman–Crippen LogP) is 26.6. The smallest absolute Gasteiger partial charge is 0.218 e.